The molecule has 0 saturated carbocycles. The van der Waals surface area contributed by atoms with Crippen LogP contribution in [-0.4, -0.2) is 21.0 Å². The first-order valence-corrected chi connectivity index (χ1v) is 5.36. The van der Waals surface area contributed by atoms with Gasteiger partial charge in [0.2, 0.25) is 5.78 Å². The molecule has 3 N–H and O–H groups in total. The summed E-state index contributed by atoms with van der Waals surface area (Å²) in [5.74, 6) is -1.21. The number of hydrogen-bond acceptors (Lipinski definition) is 3. The second-order valence-corrected chi connectivity index (χ2v) is 4.13. The number of phenolic OH excluding ortho intramolecular Hbond substituents is 2. The second-order valence-electron chi connectivity index (χ2n) is 3.35. The van der Waals surface area contributed by atoms with Gasteiger partial charge in [-0.2, -0.15) is 0 Å². The van der Waals surface area contributed by atoms with Crippen LogP contribution in [0.2, 0.25) is 10.2 Å². The van der Waals surface area contributed by atoms with Crippen LogP contribution in [0.4, 0.5) is 0 Å². The minimum absolute atomic E-state index is 0.0943. The van der Waals surface area contributed by atoms with Gasteiger partial charge < -0.3 is 15.2 Å². The van der Waals surface area contributed by atoms with Crippen molar-refractivity contribution in [2.45, 2.75) is 0 Å². The molecule has 0 amide bonds. The number of aromatic hydroxyl groups is 2. The number of rotatable bonds is 2. The smallest absolute Gasteiger partial charge is 0.216 e. The maximum absolute atomic E-state index is 12.0. The molecule has 4 nitrogen and oxygen atoms in total. The molecule has 2 rings (SSSR count). The van der Waals surface area contributed by atoms with Gasteiger partial charge in [-0.05, 0) is 18.2 Å². The van der Waals surface area contributed by atoms with Crippen LogP contribution in [0.3, 0.4) is 0 Å². The van der Waals surface area contributed by atoms with E-state index in [1.54, 1.807) is 0 Å². The van der Waals surface area contributed by atoms with Crippen molar-refractivity contribution in [2.24, 2.45) is 0 Å². The van der Waals surface area contributed by atoms with Crippen molar-refractivity contribution >= 4 is 29.0 Å². The molecule has 0 saturated heterocycles. The van der Waals surface area contributed by atoms with Crippen molar-refractivity contribution in [1.29, 1.82) is 0 Å². The third-order valence-corrected chi connectivity index (χ3v) is 2.91. The molecule has 0 radical (unpaired) electrons. The zero-order valence-corrected chi connectivity index (χ0v) is 9.88. The van der Waals surface area contributed by atoms with E-state index in [0.29, 0.717) is 0 Å². The number of ketones is 1. The fraction of sp³-hybridized carbons (Fsp3) is 0. The quantitative estimate of drug-likeness (QED) is 0.736. The normalized spacial score (nSPS) is 10.5. The van der Waals surface area contributed by atoms with E-state index in [0.717, 1.165) is 0 Å². The molecule has 1 aromatic heterocycles. The molecule has 2 aromatic rings. The molecule has 1 aromatic carbocycles. The zero-order chi connectivity index (χ0) is 12.6. The van der Waals surface area contributed by atoms with Crippen LogP contribution >= 0.6 is 23.2 Å². The van der Waals surface area contributed by atoms with E-state index in [-0.39, 0.29) is 32.9 Å². The Labute approximate surface area is 106 Å². The van der Waals surface area contributed by atoms with Gasteiger partial charge in [0.05, 0.1) is 10.7 Å². The summed E-state index contributed by atoms with van der Waals surface area (Å²) < 4.78 is 0. The third-order valence-electron chi connectivity index (χ3n) is 2.22. The topological polar surface area (TPSA) is 73.3 Å². The van der Waals surface area contributed by atoms with Gasteiger partial charge in [-0.25, -0.2) is 0 Å². The maximum Gasteiger partial charge on any atom is 0.216 e. The highest BCUT2D eigenvalue weighted by Gasteiger charge is 2.20. The highest BCUT2D eigenvalue weighted by molar-refractivity contribution is 6.41. The second kappa shape index (κ2) is 4.31. The van der Waals surface area contributed by atoms with Crippen molar-refractivity contribution in [1.82, 2.24) is 4.98 Å². The molecule has 88 valence electrons. The van der Waals surface area contributed by atoms with Gasteiger partial charge in [-0.3, -0.25) is 4.79 Å². The number of benzene rings is 1. The lowest BCUT2D eigenvalue weighted by atomic mass is 10.1. The van der Waals surface area contributed by atoms with Crippen molar-refractivity contribution in [2.75, 3.05) is 0 Å². The molecule has 6 heteroatoms. The average Bonchev–Trinajstić information content (AvgIpc) is 2.59. The van der Waals surface area contributed by atoms with Crippen LogP contribution in [0.1, 0.15) is 16.1 Å². The third kappa shape index (κ3) is 2.09. The van der Waals surface area contributed by atoms with Gasteiger partial charge in [-0.15, -0.1) is 0 Å². The van der Waals surface area contributed by atoms with Crippen LogP contribution in [0.15, 0.2) is 24.3 Å². The SMILES string of the molecule is O=C(c1cc(Cl)c(Cl)[nH]1)c1c(O)cccc1O. The minimum Gasteiger partial charge on any atom is -0.507 e. The lowest BCUT2D eigenvalue weighted by molar-refractivity contribution is 0.103. The Morgan fingerprint density at radius 2 is 1.76 bits per heavy atom. The summed E-state index contributed by atoms with van der Waals surface area (Å²) in [6.07, 6.45) is 0. The molecule has 0 bridgehead atoms. The number of phenols is 2. The fourth-order valence-electron chi connectivity index (χ4n) is 1.42. The van der Waals surface area contributed by atoms with Gasteiger partial charge in [-0.1, -0.05) is 29.3 Å². The van der Waals surface area contributed by atoms with E-state index in [2.05, 4.69) is 4.98 Å². The van der Waals surface area contributed by atoms with Crippen LogP contribution in [-0.2, 0) is 0 Å². The summed E-state index contributed by atoms with van der Waals surface area (Å²) in [4.78, 5) is 14.5. The van der Waals surface area contributed by atoms with Crippen molar-refractivity contribution in [3.8, 4) is 11.5 Å². The van der Waals surface area contributed by atoms with E-state index < -0.39 is 5.78 Å². The molecule has 1 heterocycles. The largest absolute Gasteiger partial charge is 0.507 e. The first-order valence-electron chi connectivity index (χ1n) is 4.60. The van der Waals surface area contributed by atoms with Crippen LogP contribution < -0.4 is 0 Å². The Morgan fingerprint density at radius 1 is 1.18 bits per heavy atom. The average molecular weight is 272 g/mol. The molecular weight excluding hydrogens is 265 g/mol. The standard InChI is InChI=1S/C11H7Cl2NO3/c12-5-4-6(14-11(5)13)10(17)9-7(15)2-1-3-8(9)16/h1-4,14-16H. The summed E-state index contributed by atoms with van der Waals surface area (Å²) >= 11 is 11.4. The van der Waals surface area contributed by atoms with E-state index in [9.17, 15) is 15.0 Å². The highest BCUT2D eigenvalue weighted by Crippen LogP contribution is 2.30. The number of hydrogen-bond donors (Lipinski definition) is 3. The molecule has 0 aliphatic rings. The first-order chi connectivity index (χ1) is 8.00. The minimum atomic E-state index is -0.589. The number of carbonyl (C=O) groups is 1. The van der Waals surface area contributed by atoms with E-state index in [4.69, 9.17) is 23.2 Å². The molecule has 0 aliphatic carbocycles. The van der Waals surface area contributed by atoms with Gasteiger partial charge >= 0.3 is 0 Å². The molecule has 0 spiro atoms. The summed E-state index contributed by atoms with van der Waals surface area (Å²) in [5, 5.41) is 19.4. The summed E-state index contributed by atoms with van der Waals surface area (Å²) in [6, 6.07) is 5.37. The van der Waals surface area contributed by atoms with Crippen molar-refractivity contribution in [3.63, 3.8) is 0 Å². The monoisotopic (exact) mass is 271 g/mol. The summed E-state index contributed by atoms with van der Waals surface area (Å²) in [7, 11) is 0. The molecule has 17 heavy (non-hydrogen) atoms. The summed E-state index contributed by atoms with van der Waals surface area (Å²) in [5.41, 5.74) is -0.0983. The zero-order valence-electron chi connectivity index (χ0n) is 8.37. The van der Waals surface area contributed by atoms with E-state index >= 15 is 0 Å². The Morgan fingerprint density at radius 3 is 2.24 bits per heavy atom. The van der Waals surface area contributed by atoms with E-state index in [1.165, 1.54) is 24.3 Å². The molecular formula is C11H7Cl2NO3. The predicted octanol–water partition coefficient (Wildman–Crippen LogP) is 2.96. The number of aromatic amines is 1. The van der Waals surface area contributed by atoms with E-state index in [1.807, 2.05) is 0 Å². The number of halogens is 2. The Balaban J connectivity index is 2.51. The van der Waals surface area contributed by atoms with Crippen LogP contribution in [0.5, 0.6) is 11.5 Å². The van der Waals surface area contributed by atoms with Gasteiger partial charge in [0.25, 0.3) is 0 Å². The van der Waals surface area contributed by atoms with Gasteiger partial charge in [0.1, 0.15) is 22.2 Å². The Kier molecular flexibility index (Phi) is 3.00. The van der Waals surface area contributed by atoms with Gasteiger partial charge in [0, 0.05) is 0 Å². The Bertz CT molecular complexity index is 553. The maximum atomic E-state index is 12.0. The fourth-order valence-corrected chi connectivity index (χ4v) is 1.73. The molecule has 0 atom stereocenters. The molecule has 0 aliphatic heterocycles. The van der Waals surface area contributed by atoms with Crippen molar-refractivity contribution in [3.05, 3.63) is 45.7 Å². The van der Waals surface area contributed by atoms with Crippen LogP contribution in [0.25, 0.3) is 0 Å². The summed E-state index contributed by atoms with van der Waals surface area (Å²) in [6.45, 7) is 0. The van der Waals surface area contributed by atoms with Crippen molar-refractivity contribution < 1.29 is 15.0 Å². The predicted molar refractivity (Wildman–Crippen MR) is 64.0 cm³/mol. The Hall–Kier alpha value is -1.65. The number of aromatic nitrogens is 1. The first kappa shape index (κ1) is 11.8. The number of nitrogens with one attached hydrogen (secondary N) is 1. The van der Waals surface area contributed by atoms with Gasteiger partial charge in [0.15, 0.2) is 0 Å². The number of carbonyl (C=O) groups excluding carboxylic acids is 1. The lowest BCUT2D eigenvalue weighted by Gasteiger charge is -2.04. The lowest BCUT2D eigenvalue weighted by Crippen LogP contribution is -2.02. The molecule has 0 fully saturated rings. The number of H-pyrrole nitrogens is 1. The molecule has 0 unspecified atom stereocenters. The van der Waals surface area contributed by atoms with Crippen LogP contribution in [0, 0.1) is 0 Å². The highest BCUT2D eigenvalue weighted by atomic mass is 35.5.